The third-order valence-electron chi connectivity index (χ3n) is 8.67. The predicted molar refractivity (Wildman–Crippen MR) is 143 cm³/mol. The van der Waals surface area contributed by atoms with Gasteiger partial charge in [0.05, 0.1) is 22.8 Å². The Balaban J connectivity index is 1.60. The number of pyridine rings is 2. The summed E-state index contributed by atoms with van der Waals surface area (Å²) in [4.78, 5) is 28.5. The fourth-order valence-corrected chi connectivity index (χ4v) is 7.04. The van der Waals surface area contributed by atoms with Crippen LogP contribution in [-0.2, 0) is 11.3 Å². The number of carbonyl (C=O) groups is 1. The molecule has 2 aliphatic heterocycles. The number of rotatable bonds is 3. The summed E-state index contributed by atoms with van der Waals surface area (Å²) in [6.45, 7) is 6.05. The average molecular weight is 520 g/mol. The van der Waals surface area contributed by atoms with Crippen molar-refractivity contribution in [1.82, 2.24) is 24.8 Å². The van der Waals surface area contributed by atoms with Crippen LogP contribution in [0.2, 0.25) is 0 Å². The van der Waals surface area contributed by atoms with Crippen LogP contribution >= 0.6 is 0 Å². The summed E-state index contributed by atoms with van der Waals surface area (Å²) in [5, 5.41) is 15.6. The van der Waals surface area contributed by atoms with E-state index < -0.39 is 6.67 Å². The fourth-order valence-electron chi connectivity index (χ4n) is 7.04. The zero-order valence-electron chi connectivity index (χ0n) is 22.1. The number of nitrogens with zero attached hydrogens (tertiary/aromatic N) is 6. The van der Waals surface area contributed by atoms with Gasteiger partial charge in [-0.15, -0.1) is 0 Å². The Bertz CT molecular complexity index is 1420. The van der Waals surface area contributed by atoms with Crippen LogP contribution in [0.4, 0.5) is 10.3 Å². The molecule has 0 radical (unpaired) electrons. The number of aromatic nitrogens is 4. The maximum absolute atomic E-state index is 14.4. The van der Waals surface area contributed by atoms with Crippen molar-refractivity contribution in [3.05, 3.63) is 35.8 Å². The number of anilines is 1. The van der Waals surface area contributed by atoms with Crippen LogP contribution in [-0.4, -0.2) is 55.2 Å². The van der Waals surface area contributed by atoms with Crippen molar-refractivity contribution in [1.29, 1.82) is 0 Å². The molecule has 9 nitrogen and oxygen atoms in total. The second-order valence-electron chi connectivity index (χ2n) is 11.3. The lowest BCUT2D eigenvalue weighted by Crippen LogP contribution is -2.44. The Kier molecular flexibility index (Phi) is 6.28. The lowest BCUT2D eigenvalue weighted by Gasteiger charge is -2.40. The first-order valence-electron chi connectivity index (χ1n) is 13.6. The summed E-state index contributed by atoms with van der Waals surface area (Å²) >= 11 is 0. The van der Waals surface area contributed by atoms with E-state index in [1.54, 1.807) is 18.5 Å². The number of hydrogen-bond donors (Lipinski definition) is 2. The normalized spacial score (nSPS) is 27.0. The number of fused-ring (bicyclic) bond motifs is 7. The van der Waals surface area contributed by atoms with Crippen LogP contribution < -0.4 is 10.2 Å². The predicted octanol–water partition coefficient (Wildman–Crippen LogP) is 4.45. The minimum Gasteiger partial charge on any atom is -0.409 e. The highest BCUT2D eigenvalue weighted by molar-refractivity contribution is 6.08. The third kappa shape index (κ3) is 4.10. The Labute approximate surface area is 221 Å². The van der Waals surface area contributed by atoms with E-state index >= 15 is 0 Å². The summed E-state index contributed by atoms with van der Waals surface area (Å²) in [5.41, 5.74) is 4.25. The number of amides is 1. The van der Waals surface area contributed by atoms with Crippen molar-refractivity contribution in [3.8, 4) is 11.3 Å². The van der Waals surface area contributed by atoms with Crippen molar-refractivity contribution in [2.75, 3.05) is 11.6 Å². The van der Waals surface area contributed by atoms with Gasteiger partial charge in [0.15, 0.2) is 5.84 Å². The first-order valence-corrected chi connectivity index (χ1v) is 13.6. The van der Waals surface area contributed by atoms with Gasteiger partial charge in [0.1, 0.15) is 12.4 Å². The van der Waals surface area contributed by atoms with Crippen LogP contribution in [0.1, 0.15) is 57.2 Å². The molecule has 6 rings (SSSR count). The standard InChI is InChI=1S/C28H34FN7O2/c1-15-4-5-18-14-35-26-22(33-28(35)36-20(11-29)6-7-24(36)21(18)9-15)10-23(27(34-38)31-17(3)37)32-25(26)19-8-16(2)12-30-13-19/h8,10,12-13,15,18,20-21,24,38H,4-7,9,11,14H2,1-3H3,(H,31,34,37)/t15-,18?,20+,21?,24?/m1/s1. The van der Waals surface area contributed by atoms with Crippen LogP contribution in [0.15, 0.2) is 29.7 Å². The smallest absolute Gasteiger partial charge is 0.222 e. The van der Waals surface area contributed by atoms with Gasteiger partial charge in [-0.1, -0.05) is 18.5 Å². The highest BCUT2D eigenvalue weighted by Crippen LogP contribution is 2.48. The fraction of sp³-hybridized carbons (Fsp3) is 0.536. The van der Waals surface area contributed by atoms with Crippen molar-refractivity contribution in [3.63, 3.8) is 0 Å². The number of imidazole rings is 1. The van der Waals surface area contributed by atoms with Crippen LogP contribution in [0, 0.1) is 24.7 Å². The van der Waals surface area contributed by atoms with Gasteiger partial charge < -0.3 is 20.0 Å². The molecule has 3 aromatic heterocycles. The van der Waals surface area contributed by atoms with Crippen LogP contribution in [0.25, 0.3) is 22.3 Å². The molecule has 3 aliphatic rings. The van der Waals surface area contributed by atoms with Crippen LogP contribution in [0.3, 0.4) is 0 Å². The molecule has 2 fully saturated rings. The number of aryl methyl sites for hydroxylation is 1. The first-order chi connectivity index (χ1) is 18.4. The number of hydrogen-bond acceptors (Lipinski definition) is 7. The molecular weight excluding hydrogens is 485 g/mol. The highest BCUT2D eigenvalue weighted by atomic mass is 19.1. The quantitative estimate of drug-likeness (QED) is 0.229. The molecule has 38 heavy (non-hydrogen) atoms. The van der Waals surface area contributed by atoms with E-state index in [4.69, 9.17) is 9.97 Å². The maximum Gasteiger partial charge on any atom is 0.222 e. The summed E-state index contributed by atoms with van der Waals surface area (Å²) in [5.74, 6) is 2.03. The molecular formula is C28H34FN7O2. The third-order valence-corrected chi connectivity index (χ3v) is 8.67. The topological polar surface area (TPSA) is 109 Å². The number of alkyl halides is 1. The van der Waals surface area contributed by atoms with Gasteiger partial charge >= 0.3 is 0 Å². The van der Waals surface area contributed by atoms with E-state index in [-0.39, 0.29) is 23.8 Å². The minimum atomic E-state index is -0.408. The average Bonchev–Trinajstić information content (AvgIpc) is 3.45. The number of oxime groups is 1. The minimum absolute atomic E-state index is 0.0496. The first kappa shape index (κ1) is 24.8. The molecule has 0 aromatic carbocycles. The summed E-state index contributed by atoms with van der Waals surface area (Å²) < 4.78 is 16.6. The van der Waals surface area contributed by atoms with Gasteiger partial charge in [-0.05, 0) is 68.1 Å². The molecule has 1 aliphatic carbocycles. The summed E-state index contributed by atoms with van der Waals surface area (Å²) in [6, 6.07) is 3.83. The zero-order chi connectivity index (χ0) is 26.6. The lowest BCUT2D eigenvalue weighted by atomic mass is 9.71. The number of halogens is 1. The SMILES string of the molecule is CC(=O)N/C(=N\O)c1cc2nc3n(c2c(-c2cncc(C)c2)n1)CC1CC[C@@H](C)CC1C1CC[C@@H](CF)N31. The molecule has 1 saturated carbocycles. The van der Waals surface area contributed by atoms with Gasteiger partial charge in [0.25, 0.3) is 0 Å². The Morgan fingerprint density at radius 1 is 1.21 bits per heavy atom. The highest BCUT2D eigenvalue weighted by Gasteiger charge is 2.47. The zero-order valence-corrected chi connectivity index (χ0v) is 22.1. The Morgan fingerprint density at radius 2 is 2.05 bits per heavy atom. The monoisotopic (exact) mass is 519 g/mol. The molecule has 3 aromatic rings. The van der Waals surface area contributed by atoms with Crippen molar-refractivity contribution < 1.29 is 14.4 Å². The maximum atomic E-state index is 14.4. The molecule has 200 valence electrons. The van der Waals surface area contributed by atoms with Gasteiger partial charge in [-0.2, -0.15) is 0 Å². The molecule has 0 bridgehead atoms. The molecule has 10 heteroatoms. The second kappa shape index (κ2) is 9.63. The van der Waals surface area contributed by atoms with E-state index in [0.717, 1.165) is 54.8 Å². The largest absolute Gasteiger partial charge is 0.409 e. The molecule has 5 atom stereocenters. The Morgan fingerprint density at radius 3 is 2.79 bits per heavy atom. The number of nitrogens with one attached hydrogen (secondary N) is 1. The lowest BCUT2D eigenvalue weighted by molar-refractivity contribution is -0.117. The number of carbonyl (C=O) groups excluding carboxylic acids is 1. The van der Waals surface area contributed by atoms with Crippen molar-refractivity contribution in [2.45, 2.75) is 71.5 Å². The van der Waals surface area contributed by atoms with E-state index in [1.807, 2.05) is 13.0 Å². The summed E-state index contributed by atoms with van der Waals surface area (Å²) in [7, 11) is 0. The molecule has 0 spiro atoms. The van der Waals surface area contributed by atoms with E-state index in [0.29, 0.717) is 34.7 Å². The van der Waals surface area contributed by atoms with E-state index in [9.17, 15) is 14.4 Å². The molecule has 1 amide bonds. The van der Waals surface area contributed by atoms with Crippen molar-refractivity contribution in [2.24, 2.45) is 22.9 Å². The van der Waals surface area contributed by atoms with Gasteiger partial charge in [-0.25, -0.2) is 14.4 Å². The number of amidine groups is 1. The molecule has 1 saturated heterocycles. The van der Waals surface area contributed by atoms with E-state index in [1.165, 1.54) is 13.3 Å². The van der Waals surface area contributed by atoms with Crippen LogP contribution in [0.5, 0.6) is 0 Å². The molecule has 2 N–H and O–H groups in total. The molecule has 5 heterocycles. The molecule has 3 unspecified atom stereocenters. The second-order valence-corrected chi connectivity index (χ2v) is 11.3. The van der Waals surface area contributed by atoms with Gasteiger partial charge in [0, 0.05) is 37.5 Å². The van der Waals surface area contributed by atoms with E-state index in [2.05, 4.69) is 31.8 Å². The summed E-state index contributed by atoms with van der Waals surface area (Å²) in [6.07, 6.45) is 8.86. The van der Waals surface area contributed by atoms with Gasteiger partial charge in [0.2, 0.25) is 11.9 Å². The Hall–Kier alpha value is -3.56. The van der Waals surface area contributed by atoms with Gasteiger partial charge in [-0.3, -0.25) is 9.78 Å². The van der Waals surface area contributed by atoms with Crippen molar-refractivity contribution >= 4 is 28.7 Å².